The quantitative estimate of drug-likeness (QED) is 0.815. The predicted molar refractivity (Wildman–Crippen MR) is 87.4 cm³/mol. The molecular formula is C17H24N2S. The van der Waals surface area contributed by atoms with E-state index in [0.29, 0.717) is 6.04 Å². The molecule has 0 saturated heterocycles. The highest BCUT2D eigenvalue weighted by Crippen LogP contribution is 2.23. The molecule has 3 heteroatoms. The highest BCUT2D eigenvalue weighted by Gasteiger charge is 2.12. The molecule has 0 aliphatic rings. The highest BCUT2D eigenvalue weighted by molar-refractivity contribution is 7.11. The van der Waals surface area contributed by atoms with Crippen LogP contribution in [0.2, 0.25) is 0 Å². The van der Waals surface area contributed by atoms with Crippen molar-refractivity contribution < 1.29 is 0 Å². The first-order valence-corrected chi connectivity index (χ1v) is 8.23. The molecule has 108 valence electrons. The normalized spacial score (nSPS) is 12.6. The Bertz CT molecular complexity index is 500. The maximum Gasteiger partial charge on any atom is 0.0931 e. The molecule has 1 unspecified atom stereocenters. The molecule has 0 bridgehead atoms. The summed E-state index contributed by atoms with van der Waals surface area (Å²) >= 11 is 1.84. The molecule has 20 heavy (non-hydrogen) atoms. The van der Waals surface area contributed by atoms with Gasteiger partial charge in [-0.25, -0.2) is 4.98 Å². The van der Waals surface area contributed by atoms with E-state index < -0.39 is 0 Å². The van der Waals surface area contributed by atoms with Crippen molar-refractivity contribution in [2.45, 2.75) is 46.1 Å². The summed E-state index contributed by atoms with van der Waals surface area (Å²) in [5.74, 6) is 0. The van der Waals surface area contributed by atoms with E-state index in [1.54, 1.807) is 0 Å². The topological polar surface area (TPSA) is 24.9 Å². The fraction of sp³-hybridized carbons (Fsp3) is 0.471. The van der Waals surface area contributed by atoms with Gasteiger partial charge in [0.15, 0.2) is 0 Å². The van der Waals surface area contributed by atoms with Crippen LogP contribution < -0.4 is 5.32 Å². The van der Waals surface area contributed by atoms with Gasteiger partial charge in [-0.2, -0.15) is 0 Å². The van der Waals surface area contributed by atoms with Crippen molar-refractivity contribution in [1.82, 2.24) is 10.3 Å². The summed E-state index contributed by atoms with van der Waals surface area (Å²) in [5, 5.41) is 4.92. The zero-order valence-electron chi connectivity index (χ0n) is 12.6. The zero-order chi connectivity index (χ0) is 14.4. The van der Waals surface area contributed by atoms with Crippen LogP contribution in [0, 0.1) is 13.8 Å². The van der Waals surface area contributed by atoms with Crippen LogP contribution >= 0.6 is 11.3 Å². The fourth-order valence-corrected chi connectivity index (χ4v) is 3.25. The molecule has 2 nitrogen and oxygen atoms in total. The lowest BCUT2D eigenvalue weighted by Crippen LogP contribution is -2.22. The Balaban J connectivity index is 2.00. The Hall–Kier alpha value is -1.19. The minimum absolute atomic E-state index is 0.431. The van der Waals surface area contributed by atoms with E-state index in [9.17, 15) is 0 Å². The summed E-state index contributed by atoms with van der Waals surface area (Å²) in [6, 6.07) is 11.2. The molecule has 1 heterocycles. The second-order valence-corrected chi connectivity index (χ2v) is 6.49. The summed E-state index contributed by atoms with van der Waals surface area (Å²) in [4.78, 5) is 5.99. The molecule has 2 rings (SSSR count). The summed E-state index contributed by atoms with van der Waals surface area (Å²) in [5.41, 5.74) is 2.56. The number of hydrogen-bond donors (Lipinski definition) is 1. The van der Waals surface area contributed by atoms with Gasteiger partial charge in [0.25, 0.3) is 0 Å². The zero-order valence-corrected chi connectivity index (χ0v) is 13.5. The first kappa shape index (κ1) is 15.2. The van der Waals surface area contributed by atoms with Crippen LogP contribution in [0.25, 0.3) is 0 Å². The lowest BCUT2D eigenvalue weighted by atomic mass is 10.0. The fourth-order valence-electron chi connectivity index (χ4n) is 2.30. The minimum atomic E-state index is 0.431. The average molecular weight is 288 g/mol. The van der Waals surface area contributed by atoms with Gasteiger partial charge in [0.05, 0.1) is 10.7 Å². The van der Waals surface area contributed by atoms with Crippen LogP contribution in [0.5, 0.6) is 0 Å². The molecule has 1 atom stereocenters. The Morgan fingerprint density at radius 3 is 2.55 bits per heavy atom. The molecule has 0 saturated carbocycles. The summed E-state index contributed by atoms with van der Waals surface area (Å²) in [6.07, 6.45) is 3.32. The SMILES string of the molecule is CCCNC(CCc1nc(C)c(C)s1)c1ccccc1. The van der Waals surface area contributed by atoms with Gasteiger partial charge in [-0.3, -0.25) is 0 Å². The van der Waals surface area contributed by atoms with Crippen molar-refractivity contribution in [2.24, 2.45) is 0 Å². The number of thiazole rings is 1. The van der Waals surface area contributed by atoms with E-state index in [2.05, 4.69) is 61.4 Å². The highest BCUT2D eigenvalue weighted by atomic mass is 32.1. The van der Waals surface area contributed by atoms with Gasteiger partial charge in [-0.05, 0) is 38.8 Å². The van der Waals surface area contributed by atoms with Crippen molar-refractivity contribution in [3.8, 4) is 0 Å². The monoisotopic (exact) mass is 288 g/mol. The largest absolute Gasteiger partial charge is 0.310 e. The van der Waals surface area contributed by atoms with Crippen LogP contribution in [0.3, 0.4) is 0 Å². The van der Waals surface area contributed by atoms with E-state index in [0.717, 1.165) is 19.4 Å². The molecule has 1 N–H and O–H groups in total. The molecule has 0 spiro atoms. The van der Waals surface area contributed by atoms with Crippen LogP contribution in [0.1, 0.15) is 46.9 Å². The number of nitrogens with one attached hydrogen (secondary N) is 1. The van der Waals surface area contributed by atoms with Gasteiger partial charge in [-0.15, -0.1) is 11.3 Å². The lowest BCUT2D eigenvalue weighted by molar-refractivity contribution is 0.499. The van der Waals surface area contributed by atoms with Crippen LogP contribution in [-0.4, -0.2) is 11.5 Å². The maximum absolute atomic E-state index is 4.65. The number of rotatable bonds is 7. The second kappa shape index (κ2) is 7.55. The van der Waals surface area contributed by atoms with Crippen molar-refractivity contribution in [1.29, 1.82) is 0 Å². The van der Waals surface area contributed by atoms with E-state index in [4.69, 9.17) is 0 Å². The first-order chi connectivity index (χ1) is 9.70. The van der Waals surface area contributed by atoms with Crippen molar-refractivity contribution in [3.63, 3.8) is 0 Å². The lowest BCUT2D eigenvalue weighted by Gasteiger charge is -2.18. The van der Waals surface area contributed by atoms with Crippen molar-refractivity contribution >= 4 is 11.3 Å². The molecule has 0 amide bonds. The molecule has 0 aliphatic heterocycles. The van der Waals surface area contributed by atoms with Crippen molar-refractivity contribution in [2.75, 3.05) is 6.54 Å². The molecule has 0 aliphatic carbocycles. The third-order valence-corrected chi connectivity index (χ3v) is 4.70. The Morgan fingerprint density at radius 2 is 1.95 bits per heavy atom. The van der Waals surface area contributed by atoms with Gasteiger partial charge in [-0.1, -0.05) is 37.3 Å². The molecular weight excluding hydrogens is 264 g/mol. The first-order valence-electron chi connectivity index (χ1n) is 7.42. The Morgan fingerprint density at radius 1 is 1.20 bits per heavy atom. The van der Waals surface area contributed by atoms with Gasteiger partial charge in [0, 0.05) is 17.3 Å². The van der Waals surface area contributed by atoms with Gasteiger partial charge in [0.1, 0.15) is 0 Å². The van der Waals surface area contributed by atoms with Gasteiger partial charge in [0.2, 0.25) is 0 Å². The third-order valence-electron chi connectivity index (χ3n) is 3.56. The smallest absolute Gasteiger partial charge is 0.0931 e. The number of nitrogens with zero attached hydrogens (tertiary/aromatic N) is 1. The van der Waals surface area contributed by atoms with Crippen molar-refractivity contribution in [3.05, 3.63) is 51.5 Å². The maximum atomic E-state index is 4.65. The van der Waals surface area contributed by atoms with E-state index >= 15 is 0 Å². The Labute approximate surface area is 126 Å². The van der Waals surface area contributed by atoms with E-state index in [1.165, 1.54) is 27.6 Å². The molecule has 0 fully saturated rings. The average Bonchev–Trinajstić information content (AvgIpc) is 2.79. The van der Waals surface area contributed by atoms with E-state index in [-0.39, 0.29) is 0 Å². The molecule has 0 radical (unpaired) electrons. The molecule has 2 aromatic rings. The predicted octanol–water partition coefficient (Wildman–Crippen LogP) is 4.43. The Kier molecular flexibility index (Phi) is 5.74. The standard InChI is InChI=1S/C17H24N2S/c1-4-12-18-16(15-8-6-5-7-9-15)10-11-17-19-13(2)14(3)20-17/h5-9,16,18H,4,10-12H2,1-3H3. The number of hydrogen-bond acceptors (Lipinski definition) is 3. The van der Waals surface area contributed by atoms with Crippen LogP contribution in [0.4, 0.5) is 0 Å². The number of benzene rings is 1. The number of aromatic nitrogens is 1. The third kappa shape index (κ3) is 4.15. The molecule has 1 aromatic carbocycles. The number of aryl methyl sites for hydroxylation is 3. The van der Waals surface area contributed by atoms with E-state index in [1.807, 2.05) is 11.3 Å². The van der Waals surface area contributed by atoms with Gasteiger partial charge >= 0.3 is 0 Å². The summed E-state index contributed by atoms with van der Waals surface area (Å²) < 4.78 is 0. The van der Waals surface area contributed by atoms with Gasteiger partial charge < -0.3 is 5.32 Å². The van der Waals surface area contributed by atoms with Crippen LogP contribution in [-0.2, 0) is 6.42 Å². The second-order valence-electron chi connectivity index (χ2n) is 5.21. The minimum Gasteiger partial charge on any atom is -0.310 e. The summed E-state index contributed by atoms with van der Waals surface area (Å²) in [6.45, 7) is 7.53. The summed E-state index contributed by atoms with van der Waals surface area (Å²) in [7, 11) is 0. The van der Waals surface area contributed by atoms with Crippen LogP contribution in [0.15, 0.2) is 30.3 Å². The molecule has 1 aromatic heterocycles.